The molecule has 0 aliphatic carbocycles. The van der Waals surface area contributed by atoms with E-state index in [4.69, 9.17) is 0 Å². The van der Waals surface area contributed by atoms with E-state index in [2.05, 4.69) is 11.3 Å². The monoisotopic (exact) mass is 150 g/mol. The normalized spacial score (nSPS) is 11.5. The molecule has 0 saturated carbocycles. The van der Waals surface area contributed by atoms with Gasteiger partial charge >= 0.3 is 0 Å². The van der Waals surface area contributed by atoms with Crippen molar-refractivity contribution in [1.82, 2.24) is 0 Å². The van der Waals surface area contributed by atoms with Gasteiger partial charge in [0, 0.05) is 6.92 Å². The Bertz CT molecular complexity index is 96.3. The van der Waals surface area contributed by atoms with Crippen molar-refractivity contribution in [3.8, 4) is 0 Å². The van der Waals surface area contributed by atoms with E-state index in [1.54, 1.807) is 6.08 Å². The topological polar surface area (TPSA) is 9.23 Å². The summed E-state index contributed by atoms with van der Waals surface area (Å²) in [4.78, 5) is 0. The van der Waals surface area contributed by atoms with Crippen LogP contribution in [0.1, 0.15) is 13.3 Å². The molecule has 0 radical (unpaired) electrons. The summed E-state index contributed by atoms with van der Waals surface area (Å²) in [6.45, 7) is 4.09. The maximum Gasteiger partial charge on any atom is 0.268 e. The molecule has 0 aliphatic rings. The van der Waals surface area contributed by atoms with Gasteiger partial charge in [-0.3, -0.25) is 0 Å². The zero-order valence-corrected chi connectivity index (χ0v) is 6.07. The van der Waals surface area contributed by atoms with Crippen LogP contribution >= 0.6 is 0 Å². The summed E-state index contributed by atoms with van der Waals surface area (Å²) in [6, 6.07) is 0. The van der Waals surface area contributed by atoms with Gasteiger partial charge in [0.15, 0.2) is 0 Å². The lowest BCUT2D eigenvalue weighted by Crippen LogP contribution is -2.18. The molecule has 0 unspecified atom stereocenters. The van der Waals surface area contributed by atoms with E-state index in [9.17, 15) is 8.78 Å². The van der Waals surface area contributed by atoms with E-state index in [1.807, 2.05) is 0 Å². The SMILES string of the molecule is C=CCCOCC(C)(F)F. The highest BCUT2D eigenvalue weighted by atomic mass is 19.3. The van der Waals surface area contributed by atoms with E-state index in [0.717, 1.165) is 6.92 Å². The van der Waals surface area contributed by atoms with Gasteiger partial charge in [0.25, 0.3) is 5.92 Å². The summed E-state index contributed by atoms with van der Waals surface area (Å²) in [5, 5.41) is 0. The average molecular weight is 150 g/mol. The molecule has 0 aromatic carbocycles. The standard InChI is InChI=1S/C7H12F2O/c1-3-4-5-10-6-7(2,8)9/h3H,1,4-6H2,2H3. The van der Waals surface area contributed by atoms with Gasteiger partial charge in [-0.1, -0.05) is 6.08 Å². The Kier molecular flexibility index (Phi) is 4.19. The van der Waals surface area contributed by atoms with Gasteiger partial charge in [0.1, 0.15) is 6.61 Å². The maximum atomic E-state index is 12.0. The van der Waals surface area contributed by atoms with Crippen molar-refractivity contribution in [2.75, 3.05) is 13.2 Å². The molecule has 0 saturated heterocycles. The highest BCUT2D eigenvalue weighted by Gasteiger charge is 2.20. The molecule has 0 spiro atoms. The van der Waals surface area contributed by atoms with Gasteiger partial charge in [-0.2, -0.15) is 0 Å². The molecule has 60 valence electrons. The van der Waals surface area contributed by atoms with Crippen molar-refractivity contribution in [2.45, 2.75) is 19.3 Å². The predicted molar refractivity (Wildman–Crippen MR) is 36.3 cm³/mol. The highest BCUT2D eigenvalue weighted by Crippen LogP contribution is 2.11. The van der Waals surface area contributed by atoms with Crippen molar-refractivity contribution in [1.29, 1.82) is 0 Å². The second-order valence-corrected chi connectivity index (χ2v) is 2.20. The van der Waals surface area contributed by atoms with Crippen molar-refractivity contribution in [3.05, 3.63) is 12.7 Å². The van der Waals surface area contributed by atoms with Gasteiger partial charge in [0.2, 0.25) is 0 Å². The zero-order valence-electron chi connectivity index (χ0n) is 6.07. The molecule has 1 nitrogen and oxygen atoms in total. The Labute approximate surface area is 59.7 Å². The van der Waals surface area contributed by atoms with Crippen molar-refractivity contribution in [3.63, 3.8) is 0 Å². The quantitative estimate of drug-likeness (QED) is 0.431. The molecule has 0 aromatic rings. The molecule has 0 aromatic heterocycles. The van der Waals surface area contributed by atoms with Crippen molar-refractivity contribution < 1.29 is 13.5 Å². The maximum absolute atomic E-state index is 12.0. The fourth-order valence-electron chi connectivity index (χ4n) is 0.418. The molecule has 0 atom stereocenters. The average Bonchev–Trinajstić information content (AvgIpc) is 1.78. The Hall–Kier alpha value is -0.440. The molecule has 10 heavy (non-hydrogen) atoms. The van der Waals surface area contributed by atoms with Crippen LogP contribution in [-0.4, -0.2) is 19.1 Å². The fourth-order valence-corrected chi connectivity index (χ4v) is 0.418. The minimum Gasteiger partial charge on any atom is -0.375 e. The lowest BCUT2D eigenvalue weighted by atomic mass is 10.4. The summed E-state index contributed by atoms with van der Waals surface area (Å²) >= 11 is 0. The molecule has 0 N–H and O–H groups in total. The predicted octanol–water partition coefficient (Wildman–Crippen LogP) is 2.23. The minimum atomic E-state index is -2.71. The van der Waals surface area contributed by atoms with Crippen molar-refractivity contribution >= 4 is 0 Å². The lowest BCUT2D eigenvalue weighted by Gasteiger charge is -2.09. The Balaban J connectivity index is 3.12. The molecule has 0 bridgehead atoms. The van der Waals surface area contributed by atoms with E-state index in [-0.39, 0.29) is 0 Å². The lowest BCUT2D eigenvalue weighted by molar-refractivity contribution is -0.0613. The molecule has 3 heteroatoms. The molecular formula is C7H12F2O. The van der Waals surface area contributed by atoms with Crippen LogP contribution in [0.3, 0.4) is 0 Å². The summed E-state index contributed by atoms with van der Waals surface area (Å²) in [7, 11) is 0. The Morgan fingerprint density at radius 1 is 1.60 bits per heavy atom. The fraction of sp³-hybridized carbons (Fsp3) is 0.714. The van der Waals surface area contributed by atoms with Crippen molar-refractivity contribution in [2.24, 2.45) is 0 Å². The Morgan fingerprint density at radius 3 is 2.60 bits per heavy atom. The minimum absolute atomic E-state index is 0.326. The van der Waals surface area contributed by atoms with Crippen LogP contribution in [0.2, 0.25) is 0 Å². The number of ether oxygens (including phenoxy) is 1. The third kappa shape index (κ3) is 7.56. The number of halogens is 2. The van der Waals surface area contributed by atoms with E-state index >= 15 is 0 Å². The largest absolute Gasteiger partial charge is 0.375 e. The first-order chi connectivity index (χ1) is 4.56. The second-order valence-electron chi connectivity index (χ2n) is 2.20. The first-order valence-corrected chi connectivity index (χ1v) is 3.13. The number of hydrogen-bond donors (Lipinski definition) is 0. The smallest absolute Gasteiger partial charge is 0.268 e. The van der Waals surface area contributed by atoms with Gasteiger partial charge in [-0.15, -0.1) is 6.58 Å². The number of alkyl halides is 2. The van der Waals surface area contributed by atoms with E-state index in [0.29, 0.717) is 13.0 Å². The van der Waals surface area contributed by atoms with Gasteiger partial charge < -0.3 is 4.74 Å². The van der Waals surface area contributed by atoms with Gasteiger partial charge in [0.05, 0.1) is 6.61 Å². The number of rotatable bonds is 5. The van der Waals surface area contributed by atoms with E-state index in [1.165, 1.54) is 0 Å². The van der Waals surface area contributed by atoms with Gasteiger partial charge in [-0.25, -0.2) is 8.78 Å². The summed E-state index contributed by atoms with van der Waals surface area (Å²) in [5.74, 6) is -2.71. The molecule has 0 rings (SSSR count). The van der Waals surface area contributed by atoms with Crippen LogP contribution in [0, 0.1) is 0 Å². The van der Waals surface area contributed by atoms with Crippen LogP contribution in [-0.2, 0) is 4.74 Å². The molecule has 0 heterocycles. The van der Waals surface area contributed by atoms with E-state index < -0.39 is 12.5 Å². The first-order valence-electron chi connectivity index (χ1n) is 3.13. The highest BCUT2D eigenvalue weighted by molar-refractivity contribution is 4.65. The van der Waals surface area contributed by atoms with Crippen LogP contribution in [0.5, 0.6) is 0 Å². The third-order valence-electron chi connectivity index (χ3n) is 0.822. The Morgan fingerprint density at radius 2 is 2.20 bits per heavy atom. The molecule has 0 fully saturated rings. The second kappa shape index (κ2) is 4.39. The van der Waals surface area contributed by atoms with Crippen LogP contribution in [0.25, 0.3) is 0 Å². The molecule has 0 amide bonds. The summed E-state index contributed by atoms with van der Waals surface area (Å²) in [6.07, 6.45) is 2.25. The summed E-state index contributed by atoms with van der Waals surface area (Å²) < 4.78 is 28.6. The summed E-state index contributed by atoms with van der Waals surface area (Å²) in [5.41, 5.74) is 0. The van der Waals surface area contributed by atoms with Crippen LogP contribution in [0.4, 0.5) is 8.78 Å². The molecule has 0 aliphatic heterocycles. The zero-order chi connectivity index (χ0) is 8.04. The molecular weight excluding hydrogens is 138 g/mol. The first kappa shape index (κ1) is 9.56. The number of hydrogen-bond acceptors (Lipinski definition) is 1. The van der Waals surface area contributed by atoms with Gasteiger partial charge in [-0.05, 0) is 6.42 Å². The third-order valence-corrected chi connectivity index (χ3v) is 0.822. The van der Waals surface area contributed by atoms with Crippen LogP contribution in [0.15, 0.2) is 12.7 Å². The van der Waals surface area contributed by atoms with Crippen LogP contribution < -0.4 is 0 Å².